The Morgan fingerprint density at radius 2 is 1.84 bits per heavy atom. The van der Waals surface area contributed by atoms with Gasteiger partial charge >= 0.3 is 5.97 Å². The molecule has 1 rings (SSSR count). The van der Waals surface area contributed by atoms with Gasteiger partial charge in [0.2, 0.25) is 5.91 Å². The lowest BCUT2D eigenvalue weighted by Crippen LogP contribution is -2.35. The van der Waals surface area contributed by atoms with Crippen molar-refractivity contribution in [3.05, 3.63) is 30.3 Å². The Kier molecular flexibility index (Phi) is 5.69. The van der Waals surface area contributed by atoms with Crippen LogP contribution in [0.1, 0.15) is 13.8 Å². The molecule has 0 spiro atoms. The third kappa shape index (κ3) is 4.82. The molecule has 0 aliphatic heterocycles. The lowest BCUT2D eigenvalue weighted by Gasteiger charge is -2.15. The second-order valence-electron chi connectivity index (χ2n) is 4.44. The van der Waals surface area contributed by atoms with Gasteiger partial charge in [0.1, 0.15) is 11.0 Å². The van der Waals surface area contributed by atoms with Gasteiger partial charge < -0.3 is 10.4 Å². The smallest absolute Gasteiger partial charge is 0.319 e. The van der Waals surface area contributed by atoms with E-state index in [0.717, 1.165) is 0 Å². The number of carbonyl (C=O) groups is 2. The Balaban J connectivity index is 2.61. The molecule has 5 nitrogen and oxygen atoms in total. The Bertz CT molecular complexity index is 473. The molecule has 1 aromatic carbocycles. The van der Waals surface area contributed by atoms with Gasteiger partial charge in [0.05, 0.1) is 0 Å². The minimum atomic E-state index is -1.73. The predicted octanol–water partition coefficient (Wildman–Crippen LogP) is 1.48. The van der Waals surface area contributed by atoms with E-state index >= 15 is 0 Å². The van der Waals surface area contributed by atoms with Crippen molar-refractivity contribution in [3.8, 4) is 0 Å². The maximum atomic E-state index is 11.9. The molecule has 2 unspecified atom stereocenters. The lowest BCUT2D eigenvalue weighted by atomic mass is 10.1. The van der Waals surface area contributed by atoms with Crippen LogP contribution < -0.4 is 5.32 Å². The molecular formula is C13H17NO4S. The average molecular weight is 283 g/mol. The number of benzene rings is 1. The highest BCUT2D eigenvalue weighted by molar-refractivity contribution is 7.87. The van der Waals surface area contributed by atoms with E-state index in [2.05, 4.69) is 5.32 Å². The number of rotatable bonds is 6. The van der Waals surface area contributed by atoms with Crippen LogP contribution in [0.15, 0.2) is 30.3 Å². The van der Waals surface area contributed by atoms with Crippen LogP contribution in [0, 0.1) is 5.92 Å². The standard InChI is InChI=1S/C13H17NO4S/c1-9(2)12(13(16)17)19(18)8-11(15)14-10-6-4-3-5-7-10/h3-7,9,12H,8H2,1-2H3,(H,14,15)(H,16,17). The fourth-order valence-corrected chi connectivity index (χ4v) is 2.98. The summed E-state index contributed by atoms with van der Waals surface area (Å²) in [5, 5.41) is 10.5. The summed E-state index contributed by atoms with van der Waals surface area (Å²) in [6.45, 7) is 3.34. The van der Waals surface area contributed by atoms with Crippen molar-refractivity contribution in [2.45, 2.75) is 19.1 Å². The first kappa shape index (κ1) is 15.4. The van der Waals surface area contributed by atoms with E-state index in [4.69, 9.17) is 5.11 Å². The van der Waals surface area contributed by atoms with Gasteiger partial charge in [-0.2, -0.15) is 0 Å². The van der Waals surface area contributed by atoms with Gasteiger partial charge in [-0.15, -0.1) is 0 Å². The second kappa shape index (κ2) is 7.04. The van der Waals surface area contributed by atoms with E-state index in [9.17, 15) is 13.8 Å². The monoisotopic (exact) mass is 283 g/mol. The summed E-state index contributed by atoms with van der Waals surface area (Å²) in [4.78, 5) is 22.7. The fourth-order valence-electron chi connectivity index (χ4n) is 1.64. The Morgan fingerprint density at radius 1 is 1.26 bits per heavy atom. The molecule has 2 atom stereocenters. The van der Waals surface area contributed by atoms with Gasteiger partial charge in [0, 0.05) is 16.5 Å². The van der Waals surface area contributed by atoms with Crippen molar-refractivity contribution in [1.82, 2.24) is 0 Å². The lowest BCUT2D eigenvalue weighted by molar-refractivity contribution is -0.137. The molecule has 0 saturated carbocycles. The van der Waals surface area contributed by atoms with Crippen molar-refractivity contribution in [3.63, 3.8) is 0 Å². The number of hydrogen-bond acceptors (Lipinski definition) is 3. The first-order valence-corrected chi connectivity index (χ1v) is 7.25. The van der Waals surface area contributed by atoms with Crippen molar-refractivity contribution in [1.29, 1.82) is 0 Å². The SMILES string of the molecule is CC(C)C(C(=O)O)S(=O)CC(=O)Nc1ccccc1. The van der Waals surface area contributed by atoms with Crippen LogP contribution in [-0.4, -0.2) is 32.2 Å². The van der Waals surface area contributed by atoms with E-state index in [1.54, 1.807) is 38.1 Å². The molecule has 0 radical (unpaired) electrons. The molecule has 104 valence electrons. The second-order valence-corrected chi connectivity index (χ2v) is 6.00. The largest absolute Gasteiger partial charge is 0.480 e. The van der Waals surface area contributed by atoms with Crippen LogP contribution in [0.2, 0.25) is 0 Å². The van der Waals surface area contributed by atoms with Crippen LogP contribution in [0.5, 0.6) is 0 Å². The highest BCUT2D eigenvalue weighted by Crippen LogP contribution is 2.11. The van der Waals surface area contributed by atoms with Crippen molar-refractivity contribution in [2.24, 2.45) is 5.92 Å². The minimum Gasteiger partial charge on any atom is -0.480 e. The molecule has 0 aliphatic carbocycles. The quantitative estimate of drug-likeness (QED) is 0.828. The molecule has 2 N–H and O–H groups in total. The van der Waals surface area contributed by atoms with Gasteiger partial charge in [0.15, 0.2) is 0 Å². The van der Waals surface area contributed by atoms with Gasteiger partial charge in [-0.05, 0) is 18.1 Å². The van der Waals surface area contributed by atoms with Crippen molar-refractivity contribution >= 4 is 28.4 Å². The van der Waals surface area contributed by atoms with E-state index in [1.165, 1.54) is 0 Å². The number of carboxylic acid groups (broad SMARTS) is 1. The zero-order valence-corrected chi connectivity index (χ0v) is 11.6. The molecule has 0 aromatic heterocycles. The molecule has 19 heavy (non-hydrogen) atoms. The number of aliphatic carboxylic acids is 1. The summed E-state index contributed by atoms with van der Waals surface area (Å²) >= 11 is 0. The molecule has 0 heterocycles. The van der Waals surface area contributed by atoms with Crippen LogP contribution in [0.4, 0.5) is 5.69 Å². The molecule has 1 amide bonds. The summed E-state index contributed by atoms with van der Waals surface area (Å²) in [6.07, 6.45) is 0. The highest BCUT2D eigenvalue weighted by atomic mass is 32.2. The van der Waals surface area contributed by atoms with Gasteiger partial charge in [0.25, 0.3) is 0 Å². The summed E-state index contributed by atoms with van der Waals surface area (Å²) in [7, 11) is -1.73. The maximum absolute atomic E-state index is 11.9. The molecule has 6 heteroatoms. The van der Waals surface area contributed by atoms with Crippen LogP contribution in [0.25, 0.3) is 0 Å². The Hall–Kier alpha value is -1.69. The summed E-state index contributed by atoms with van der Waals surface area (Å²) < 4.78 is 11.9. The van der Waals surface area contributed by atoms with Crippen LogP contribution in [-0.2, 0) is 20.4 Å². The predicted molar refractivity (Wildman–Crippen MR) is 74.3 cm³/mol. The molecular weight excluding hydrogens is 266 g/mol. The number of hydrogen-bond donors (Lipinski definition) is 2. The van der Waals surface area contributed by atoms with E-state index < -0.39 is 27.9 Å². The number of amides is 1. The summed E-state index contributed by atoms with van der Waals surface area (Å²) in [5.41, 5.74) is 0.598. The Morgan fingerprint density at radius 3 is 2.32 bits per heavy atom. The zero-order valence-electron chi connectivity index (χ0n) is 10.8. The Labute approximate surface area is 114 Å². The van der Waals surface area contributed by atoms with Crippen molar-refractivity contribution in [2.75, 3.05) is 11.1 Å². The van der Waals surface area contributed by atoms with Gasteiger partial charge in [-0.25, -0.2) is 0 Å². The normalized spacial score (nSPS) is 13.8. The topological polar surface area (TPSA) is 83.5 Å². The molecule has 0 bridgehead atoms. The zero-order chi connectivity index (χ0) is 14.4. The first-order valence-electron chi connectivity index (χ1n) is 5.86. The van der Waals surface area contributed by atoms with Crippen LogP contribution in [0.3, 0.4) is 0 Å². The maximum Gasteiger partial charge on any atom is 0.319 e. The molecule has 0 fully saturated rings. The number of para-hydroxylation sites is 1. The highest BCUT2D eigenvalue weighted by Gasteiger charge is 2.29. The van der Waals surface area contributed by atoms with Crippen LogP contribution >= 0.6 is 0 Å². The van der Waals surface area contributed by atoms with Crippen molar-refractivity contribution < 1.29 is 18.9 Å². The first-order chi connectivity index (χ1) is 8.91. The number of nitrogens with one attached hydrogen (secondary N) is 1. The minimum absolute atomic E-state index is 0.289. The summed E-state index contributed by atoms with van der Waals surface area (Å²) in [5.74, 6) is -2.19. The third-order valence-electron chi connectivity index (χ3n) is 2.46. The average Bonchev–Trinajstić information content (AvgIpc) is 2.28. The third-order valence-corrected chi connectivity index (χ3v) is 4.32. The van der Waals surface area contributed by atoms with E-state index in [1.807, 2.05) is 6.07 Å². The van der Waals surface area contributed by atoms with E-state index in [0.29, 0.717) is 5.69 Å². The molecule has 0 aliphatic rings. The number of carbonyl (C=O) groups excluding carboxylic acids is 1. The van der Waals surface area contributed by atoms with E-state index in [-0.39, 0.29) is 11.7 Å². The summed E-state index contributed by atoms with van der Waals surface area (Å²) in [6, 6.07) is 8.75. The van der Waals surface area contributed by atoms with Gasteiger partial charge in [-0.3, -0.25) is 13.8 Å². The fraction of sp³-hybridized carbons (Fsp3) is 0.385. The van der Waals surface area contributed by atoms with Gasteiger partial charge in [-0.1, -0.05) is 32.0 Å². The number of anilines is 1. The molecule has 0 saturated heterocycles. The molecule has 1 aromatic rings. The number of carboxylic acids is 1.